The topological polar surface area (TPSA) is 41.5 Å². The molecule has 0 aliphatic rings. The summed E-state index contributed by atoms with van der Waals surface area (Å²) in [6.45, 7) is 3.65. The van der Waals surface area contributed by atoms with Crippen molar-refractivity contribution in [2.24, 2.45) is 0 Å². The third-order valence-electron chi connectivity index (χ3n) is 2.38. The number of rotatable bonds is 7. The standard InChI is InChI=1S/C12H17BrFNO2/c1-9(15-4-6-17-7-5-16)10-2-3-12(14)11(13)8-10/h2-3,8-9,15-16H,4-7H2,1H3. The Hall–Kier alpha value is -0.490. The Morgan fingerprint density at radius 3 is 2.88 bits per heavy atom. The van der Waals surface area contributed by atoms with E-state index in [-0.39, 0.29) is 18.5 Å². The van der Waals surface area contributed by atoms with Crippen LogP contribution < -0.4 is 5.32 Å². The van der Waals surface area contributed by atoms with Gasteiger partial charge in [0.1, 0.15) is 5.82 Å². The summed E-state index contributed by atoms with van der Waals surface area (Å²) < 4.78 is 18.6. The van der Waals surface area contributed by atoms with E-state index in [4.69, 9.17) is 9.84 Å². The first-order valence-corrected chi connectivity index (χ1v) is 6.31. The van der Waals surface area contributed by atoms with E-state index < -0.39 is 0 Å². The molecule has 5 heteroatoms. The van der Waals surface area contributed by atoms with E-state index >= 15 is 0 Å². The van der Waals surface area contributed by atoms with Crippen LogP contribution in [0.5, 0.6) is 0 Å². The van der Waals surface area contributed by atoms with E-state index in [1.165, 1.54) is 6.07 Å². The van der Waals surface area contributed by atoms with Crippen LogP contribution in [0.1, 0.15) is 18.5 Å². The first-order chi connectivity index (χ1) is 8.15. The summed E-state index contributed by atoms with van der Waals surface area (Å²) in [5.74, 6) is -0.257. The van der Waals surface area contributed by atoms with Gasteiger partial charge in [-0.25, -0.2) is 4.39 Å². The van der Waals surface area contributed by atoms with Crippen LogP contribution in [0.4, 0.5) is 4.39 Å². The Labute approximate surface area is 109 Å². The van der Waals surface area contributed by atoms with Crippen LogP contribution in [0, 0.1) is 5.82 Å². The molecule has 2 N–H and O–H groups in total. The fourth-order valence-electron chi connectivity index (χ4n) is 1.41. The van der Waals surface area contributed by atoms with Gasteiger partial charge in [-0.1, -0.05) is 6.07 Å². The maximum absolute atomic E-state index is 13.0. The predicted octanol–water partition coefficient (Wildman–Crippen LogP) is 2.25. The lowest BCUT2D eigenvalue weighted by Gasteiger charge is -2.14. The molecule has 0 fully saturated rings. The molecular formula is C12H17BrFNO2. The van der Waals surface area contributed by atoms with Gasteiger partial charge >= 0.3 is 0 Å². The van der Waals surface area contributed by atoms with Crippen molar-refractivity contribution < 1.29 is 14.2 Å². The molecule has 0 bridgehead atoms. The minimum Gasteiger partial charge on any atom is -0.394 e. The lowest BCUT2D eigenvalue weighted by Crippen LogP contribution is -2.23. The number of hydrogen-bond acceptors (Lipinski definition) is 3. The van der Waals surface area contributed by atoms with Gasteiger partial charge in [0.25, 0.3) is 0 Å². The van der Waals surface area contributed by atoms with Crippen LogP contribution >= 0.6 is 15.9 Å². The van der Waals surface area contributed by atoms with Gasteiger partial charge in [-0.3, -0.25) is 0 Å². The van der Waals surface area contributed by atoms with E-state index in [0.29, 0.717) is 24.2 Å². The molecule has 1 atom stereocenters. The fraction of sp³-hybridized carbons (Fsp3) is 0.500. The Morgan fingerprint density at radius 2 is 2.24 bits per heavy atom. The van der Waals surface area contributed by atoms with Gasteiger partial charge in [-0.2, -0.15) is 0 Å². The Balaban J connectivity index is 2.36. The molecule has 0 radical (unpaired) electrons. The van der Waals surface area contributed by atoms with Gasteiger partial charge in [-0.15, -0.1) is 0 Å². The molecule has 0 saturated carbocycles. The van der Waals surface area contributed by atoms with Gasteiger partial charge in [0.05, 0.1) is 24.3 Å². The lowest BCUT2D eigenvalue weighted by molar-refractivity contribution is 0.0928. The summed E-state index contributed by atoms with van der Waals surface area (Å²) in [6.07, 6.45) is 0. The molecule has 0 amide bonds. The predicted molar refractivity (Wildman–Crippen MR) is 68.4 cm³/mol. The average Bonchev–Trinajstić information content (AvgIpc) is 2.32. The molecule has 0 heterocycles. The minimum absolute atomic E-state index is 0.0421. The van der Waals surface area contributed by atoms with Crippen molar-refractivity contribution in [3.63, 3.8) is 0 Å². The second-order valence-electron chi connectivity index (χ2n) is 3.69. The molecule has 1 aromatic carbocycles. The molecule has 0 aliphatic carbocycles. The molecule has 1 rings (SSSR count). The summed E-state index contributed by atoms with van der Waals surface area (Å²) in [5.41, 5.74) is 1.01. The van der Waals surface area contributed by atoms with Crippen LogP contribution in [0.3, 0.4) is 0 Å². The van der Waals surface area contributed by atoms with Gasteiger partial charge in [0, 0.05) is 12.6 Å². The van der Waals surface area contributed by atoms with Crippen molar-refractivity contribution >= 4 is 15.9 Å². The number of aliphatic hydroxyl groups excluding tert-OH is 1. The SMILES string of the molecule is CC(NCCOCCO)c1ccc(F)c(Br)c1. The Kier molecular flexibility index (Phi) is 6.65. The maximum Gasteiger partial charge on any atom is 0.137 e. The zero-order valence-electron chi connectivity index (χ0n) is 9.75. The van der Waals surface area contributed by atoms with Crippen LogP contribution in [0.2, 0.25) is 0 Å². The number of ether oxygens (including phenoxy) is 1. The van der Waals surface area contributed by atoms with E-state index in [2.05, 4.69) is 21.2 Å². The maximum atomic E-state index is 13.0. The summed E-state index contributed by atoms with van der Waals surface area (Å²) in [7, 11) is 0. The number of hydrogen-bond donors (Lipinski definition) is 2. The largest absolute Gasteiger partial charge is 0.394 e. The quantitative estimate of drug-likeness (QED) is 0.759. The van der Waals surface area contributed by atoms with Crippen LogP contribution in [-0.2, 0) is 4.74 Å². The molecule has 0 spiro atoms. The highest BCUT2D eigenvalue weighted by atomic mass is 79.9. The van der Waals surface area contributed by atoms with E-state index in [9.17, 15) is 4.39 Å². The Bertz CT molecular complexity index is 349. The van der Waals surface area contributed by atoms with Gasteiger partial charge in [0.2, 0.25) is 0 Å². The number of halogens is 2. The normalized spacial score (nSPS) is 12.7. The molecule has 1 unspecified atom stereocenters. The van der Waals surface area contributed by atoms with E-state index in [1.54, 1.807) is 12.1 Å². The third-order valence-corrected chi connectivity index (χ3v) is 2.98. The zero-order valence-corrected chi connectivity index (χ0v) is 11.3. The fourth-order valence-corrected chi connectivity index (χ4v) is 1.81. The van der Waals surface area contributed by atoms with Gasteiger partial charge in [0.15, 0.2) is 0 Å². The molecule has 17 heavy (non-hydrogen) atoms. The summed E-state index contributed by atoms with van der Waals surface area (Å²) in [5, 5.41) is 11.8. The molecular weight excluding hydrogens is 289 g/mol. The highest BCUT2D eigenvalue weighted by molar-refractivity contribution is 9.10. The van der Waals surface area contributed by atoms with Crippen molar-refractivity contribution in [2.75, 3.05) is 26.4 Å². The highest BCUT2D eigenvalue weighted by Crippen LogP contribution is 2.20. The van der Waals surface area contributed by atoms with Crippen molar-refractivity contribution in [3.05, 3.63) is 34.1 Å². The van der Waals surface area contributed by atoms with Crippen LogP contribution in [-0.4, -0.2) is 31.5 Å². The van der Waals surface area contributed by atoms with E-state index in [1.807, 2.05) is 6.92 Å². The first-order valence-electron chi connectivity index (χ1n) is 5.52. The first kappa shape index (κ1) is 14.6. The van der Waals surface area contributed by atoms with Crippen molar-refractivity contribution in [3.8, 4) is 0 Å². The zero-order chi connectivity index (χ0) is 12.7. The number of aliphatic hydroxyl groups is 1. The second-order valence-corrected chi connectivity index (χ2v) is 4.54. The molecule has 0 saturated heterocycles. The molecule has 0 aromatic heterocycles. The molecule has 96 valence electrons. The van der Waals surface area contributed by atoms with Gasteiger partial charge in [-0.05, 0) is 40.5 Å². The summed E-state index contributed by atoms with van der Waals surface area (Å²) in [6, 6.07) is 5.10. The highest BCUT2D eigenvalue weighted by Gasteiger charge is 2.07. The number of benzene rings is 1. The minimum atomic E-state index is -0.257. The van der Waals surface area contributed by atoms with Crippen LogP contribution in [0.15, 0.2) is 22.7 Å². The molecule has 1 aromatic rings. The van der Waals surface area contributed by atoms with Crippen molar-refractivity contribution in [2.45, 2.75) is 13.0 Å². The third kappa shape index (κ3) is 5.12. The van der Waals surface area contributed by atoms with Gasteiger partial charge < -0.3 is 15.2 Å². The second kappa shape index (κ2) is 7.76. The molecule has 0 aliphatic heterocycles. The van der Waals surface area contributed by atoms with E-state index in [0.717, 1.165) is 5.56 Å². The monoisotopic (exact) mass is 305 g/mol. The Morgan fingerprint density at radius 1 is 1.47 bits per heavy atom. The average molecular weight is 306 g/mol. The number of nitrogens with one attached hydrogen (secondary N) is 1. The molecule has 3 nitrogen and oxygen atoms in total. The van der Waals surface area contributed by atoms with Crippen molar-refractivity contribution in [1.82, 2.24) is 5.32 Å². The summed E-state index contributed by atoms with van der Waals surface area (Å²) in [4.78, 5) is 0. The van der Waals surface area contributed by atoms with Crippen LogP contribution in [0.25, 0.3) is 0 Å². The van der Waals surface area contributed by atoms with Crippen molar-refractivity contribution in [1.29, 1.82) is 0 Å². The lowest BCUT2D eigenvalue weighted by atomic mass is 10.1. The summed E-state index contributed by atoms with van der Waals surface area (Å²) >= 11 is 3.16. The smallest absolute Gasteiger partial charge is 0.137 e.